The van der Waals surface area contributed by atoms with Crippen LogP contribution in [0.25, 0.3) is 22.7 Å². The highest BCUT2D eigenvalue weighted by molar-refractivity contribution is 5.92. The lowest BCUT2D eigenvalue weighted by Crippen LogP contribution is -2.33. The third kappa shape index (κ3) is 7.03. The van der Waals surface area contributed by atoms with Crippen molar-refractivity contribution in [3.63, 3.8) is 0 Å². The summed E-state index contributed by atoms with van der Waals surface area (Å²) < 4.78 is 11.0. The molecular weight excluding hydrogens is 420 g/mol. The lowest BCUT2D eigenvalue weighted by molar-refractivity contribution is 0.00627. The Bertz CT molecular complexity index is 1060. The zero-order chi connectivity index (χ0) is 24.6. The minimum absolute atomic E-state index is 0.100. The third-order valence-corrected chi connectivity index (χ3v) is 4.65. The number of hydrogen-bond acceptors (Lipinski definition) is 6. The van der Waals surface area contributed by atoms with Crippen molar-refractivity contribution in [2.45, 2.75) is 73.0 Å². The van der Waals surface area contributed by atoms with Crippen molar-refractivity contribution in [3.8, 4) is 22.7 Å². The maximum atomic E-state index is 12.4. The second-order valence-corrected chi connectivity index (χ2v) is 8.27. The number of oxazole rings is 1. The average molecular weight is 455 g/mol. The summed E-state index contributed by atoms with van der Waals surface area (Å²) in [6, 6.07) is 9.10. The van der Waals surface area contributed by atoms with Crippen LogP contribution in [0.5, 0.6) is 0 Å². The third-order valence-electron chi connectivity index (χ3n) is 4.65. The lowest BCUT2D eigenvalue weighted by Gasteiger charge is -2.18. The fourth-order valence-corrected chi connectivity index (χ4v) is 2.98. The molecule has 0 unspecified atom stereocenters. The van der Waals surface area contributed by atoms with Gasteiger partial charge in [-0.2, -0.15) is 5.10 Å². The van der Waals surface area contributed by atoms with Gasteiger partial charge in [-0.3, -0.25) is 9.89 Å². The molecule has 3 rings (SSSR count). The van der Waals surface area contributed by atoms with E-state index in [-0.39, 0.29) is 23.4 Å². The molecule has 33 heavy (non-hydrogen) atoms. The summed E-state index contributed by atoms with van der Waals surface area (Å²) >= 11 is 0. The molecule has 178 valence electrons. The number of aromatic nitrogens is 3. The molecule has 0 saturated carbocycles. The molecule has 8 heteroatoms. The van der Waals surface area contributed by atoms with Crippen molar-refractivity contribution in [3.05, 3.63) is 48.0 Å². The van der Waals surface area contributed by atoms with E-state index in [1.165, 1.54) is 6.20 Å². The summed E-state index contributed by atoms with van der Waals surface area (Å²) in [4.78, 5) is 28.8. The van der Waals surface area contributed by atoms with Gasteiger partial charge in [-0.05, 0) is 51.8 Å². The van der Waals surface area contributed by atoms with Gasteiger partial charge in [-0.25, -0.2) is 9.78 Å². The fourth-order valence-electron chi connectivity index (χ4n) is 2.98. The highest BCUT2D eigenvalue weighted by Gasteiger charge is 2.21. The Hall–Kier alpha value is -3.42. The minimum atomic E-state index is -0.592. The van der Waals surface area contributed by atoms with E-state index in [0.29, 0.717) is 17.1 Å². The van der Waals surface area contributed by atoms with Crippen LogP contribution in [0.4, 0.5) is 0 Å². The normalized spacial score (nSPS) is 11.0. The number of nitrogens with one attached hydrogen (secondary N) is 2. The summed E-state index contributed by atoms with van der Waals surface area (Å²) in [6.45, 7) is 13.5. The summed E-state index contributed by atoms with van der Waals surface area (Å²) in [5, 5.41) is 9.87. The first-order valence-electron chi connectivity index (χ1n) is 11.4. The van der Waals surface area contributed by atoms with Crippen LogP contribution in [0.2, 0.25) is 0 Å². The molecule has 0 aliphatic carbocycles. The monoisotopic (exact) mass is 454 g/mol. The van der Waals surface area contributed by atoms with E-state index in [0.717, 1.165) is 18.4 Å². The van der Waals surface area contributed by atoms with Crippen LogP contribution in [0.1, 0.15) is 82.4 Å². The molecule has 3 aromatic rings. The first-order chi connectivity index (χ1) is 15.7. The van der Waals surface area contributed by atoms with Gasteiger partial charge in [0.1, 0.15) is 11.3 Å². The van der Waals surface area contributed by atoms with Gasteiger partial charge in [0.15, 0.2) is 0 Å². The Kier molecular flexibility index (Phi) is 8.96. The molecule has 0 aliphatic rings. The van der Waals surface area contributed by atoms with Gasteiger partial charge >= 0.3 is 5.97 Å². The molecule has 0 spiro atoms. The number of benzene rings is 1. The van der Waals surface area contributed by atoms with E-state index in [1.807, 2.05) is 52.0 Å². The summed E-state index contributed by atoms with van der Waals surface area (Å²) in [6.07, 6.45) is 3.12. The molecule has 2 aromatic heterocycles. The van der Waals surface area contributed by atoms with Crippen molar-refractivity contribution >= 4 is 11.9 Å². The van der Waals surface area contributed by atoms with E-state index in [1.54, 1.807) is 26.8 Å². The van der Waals surface area contributed by atoms with Gasteiger partial charge in [0.2, 0.25) is 11.7 Å². The molecule has 0 bridgehead atoms. The summed E-state index contributed by atoms with van der Waals surface area (Å²) in [5.74, 6) is -0.250. The predicted octanol–water partition coefficient (Wildman–Crippen LogP) is 5.63. The van der Waals surface area contributed by atoms with Crippen molar-refractivity contribution in [1.29, 1.82) is 0 Å². The zero-order valence-electron chi connectivity index (χ0n) is 20.5. The molecule has 1 aromatic carbocycles. The number of amides is 1. The smallest absolute Gasteiger partial charge is 0.356 e. The Balaban J connectivity index is 0.00000187. The second kappa shape index (κ2) is 11.4. The van der Waals surface area contributed by atoms with E-state index in [4.69, 9.17) is 9.15 Å². The van der Waals surface area contributed by atoms with Gasteiger partial charge < -0.3 is 14.5 Å². The predicted molar refractivity (Wildman–Crippen MR) is 128 cm³/mol. The molecule has 0 fully saturated rings. The molecule has 8 nitrogen and oxygen atoms in total. The van der Waals surface area contributed by atoms with Gasteiger partial charge in [-0.15, -0.1) is 0 Å². The van der Waals surface area contributed by atoms with Crippen LogP contribution in [0.3, 0.4) is 0 Å². The Morgan fingerprint density at radius 3 is 2.42 bits per heavy atom. The molecule has 0 atom stereocenters. The molecule has 0 aliphatic heterocycles. The molecule has 2 heterocycles. The molecular formula is C25H34N4O4. The fraction of sp³-hybridized carbons (Fsp3) is 0.440. The maximum Gasteiger partial charge on any atom is 0.356 e. The zero-order valence-corrected chi connectivity index (χ0v) is 20.5. The van der Waals surface area contributed by atoms with Gasteiger partial charge in [0.05, 0.1) is 11.9 Å². The Labute approximate surface area is 195 Å². The van der Waals surface area contributed by atoms with Gasteiger partial charge in [0.25, 0.3) is 5.91 Å². The van der Waals surface area contributed by atoms with Crippen LogP contribution in [0.15, 0.2) is 40.9 Å². The first-order valence-corrected chi connectivity index (χ1v) is 11.4. The van der Waals surface area contributed by atoms with Gasteiger partial charge in [-0.1, -0.05) is 39.8 Å². The number of aromatic amines is 1. The topological polar surface area (TPSA) is 110 Å². The van der Waals surface area contributed by atoms with Crippen LogP contribution in [-0.4, -0.2) is 38.7 Å². The average Bonchev–Trinajstić information content (AvgIpc) is 3.48. The second-order valence-electron chi connectivity index (χ2n) is 8.27. The quantitative estimate of drug-likeness (QED) is 0.448. The van der Waals surface area contributed by atoms with Crippen LogP contribution in [0, 0.1) is 0 Å². The number of ether oxygens (including phenoxy) is 1. The molecule has 0 radical (unpaired) electrons. The molecule has 2 N–H and O–H groups in total. The molecule has 1 amide bonds. The standard InChI is InChI=1S/C23H28N4O4.C2H6/c1-6-16(7-2)25-20(28)19-13-24-21(30-19)15-10-8-9-14(11-15)17-12-18(27-26-17)22(29)31-23(3,4)5;1-2/h8-13,16H,6-7H2,1-5H3,(H,25,28)(H,26,27);1-2H3. The van der Waals surface area contributed by atoms with Crippen molar-refractivity contribution < 1.29 is 18.7 Å². The van der Waals surface area contributed by atoms with E-state index in [2.05, 4.69) is 20.5 Å². The Morgan fingerprint density at radius 1 is 1.12 bits per heavy atom. The number of esters is 1. The van der Waals surface area contributed by atoms with E-state index < -0.39 is 11.6 Å². The van der Waals surface area contributed by atoms with E-state index in [9.17, 15) is 9.59 Å². The van der Waals surface area contributed by atoms with Crippen LogP contribution in [-0.2, 0) is 4.74 Å². The maximum absolute atomic E-state index is 12.4. The summed E-state index contributed by atoms with van der Waals surface area (Å²) in [7, 11) is 0. The number of carbonyl (C=O) groups is 2. The largest absolute Gasteiger partial charge is 0.455 e. The summed E-state index contributed by atoms with van der Waals surface area (Å²) in [5.41, 5.74) is 1.73. The number of hydrogen-bond donors (Lipinski definition) is 2. The number of nitrogens with zero attached hydrogens (tertiary/aromatic N) is 2. The lowest BCUT2D eigenvalue weighted by atomic mass is 10.1. The van der Waals surface area contributed by atoms with Crippen LogP contribution >= 0.6 is 0 Å². The first kappa shape index (κ1) is 25.8. The van der Waals surface area contributed by atoms with Crippen LogP contribution < -0.4 is 5.32 Å². The van der Waals surface area contributed by atoms with Crippen molar-refractivity contribution in [2.75, 3.05) is 0 Å². The number of H-pyrrole nitrogens is 1. The molecule has 0 saturated heterocycles. The number of carbonyl (C=O) groups excluding carboxylic acids is 2. The highest BCUT2D eigenvalue weighted by Crippen LogP contribution is 2.26. The minimum Gasteiger partial charge on any atom is -0.455 e. The van der Waals surface area contributed by atoms with Crippen molar-refractivity contribution in [2.24, 2.45) is 0 Å². The SMILES string of the molecule is CC.CCC(CC)NC(=O)c1cnc(-c2cccc(-c3cc(C(=O)OC(C)(C)C)[nH]n3)c2)o1. The van der Waals surface area contributed by atoms with Gasteiger partial charge in [0, 0.05) is 17.2 Å². The van der Waals surface area contributed by atoms with E-state index >= 15 is 0 Å². The highest BCUT2D eigenvalue weighted by atomic mass is 16.6. The van der Waals surface area contributed by atoms with Crippen molar-refractivity contribution in [1.82, 2.24) is 20.5 Å². The number of rotatable bonds is 7. The Morgan fingerprint density at radius 2 is 1.79 bits per heavy atom.